The smallest absolute Gasteiger partial charge is 0.335 e. The summed E-state index contributed by atoms with van der Waals surface area (Å²) in [7, 11) is 1.56. The second kappa shape index (κ2) is 10.7. The van der Waals surface area contributed by atoms with Crippen LogP contribution in [-0.4, -0.2) is 37.5 Å². The first kappa shape index (κ1) is 24.5. The number of hydrogen-bond acceptors (Lipinski definition) is 6. The number of amides is 5. The van der Waals surface area contributed by atoms with E-state index in [9.17, 15) is 19.2 Å². The topological polar surface area (TPSA) is 114 Å². The lowest BCUT2D eigenvalue weighted by Gasteiger charge is -2.26. The van der Waals surface area contributed by atoms with Gasteiger partial charge in [0.2, 0.25) is 0 Å². The minimum absolute atomic E-state index is 0.211. The molecule has 1 heterocycles. The van der Waals surface area contributed by atoms with Crippen molar-refractivity contribution in [2.75, 3.05) is 23.9 Å². The normalized spacial score (nSPS) is 14.4. The van der Waals surface area contributed by atoms with Crippen LogP contribution in [0.5, 0.6) is 11.5 Å². The fourth-order valence-electron chi connectivity index (χ4n) is 3.33. The van der Waals surface area contributed by atoms with Crippen molar-refractivity contribution in [3.8, 4) is 11.5 Å². The number of benzene rings is 3. The van der Waals surface area contributed by atoms with Gasteiger partial charge < -0.3 is 14.8 Å². The third-order valence-electron chi connectivity index (χ3n) is 5.12. The number of halogens is 1. The molecule has 0 saturated carbocycles. The van der Waals surface area contributed by atoms with Crippen LogP contribution < -0.4 is 25.0 Å². The summed E-state index contributed by atoms with van der Waals surface area (Å²) in [4.78, 5) is 50.5. The van der Waals surface area contributed by atoms with Gasteiger partial charge in [-0.3, -0.25) is 19.7 Å². The number of nitrogens with one attached hydrogen (secondary N) is 2. The molecule has 0 unspecified atom stereocenters. The van der Waals surface area contributed by atoms with E-state index < -0.39 is 17.8 Å². The predicted octanol–water partition coefficient (Wildman–Crippen LogP) is 4.03. The summed E-state index contributed by atoms with van der Waals surface area (Å²) < 4.78 is 10.6. The Hall–Kier alpha value is -4.63. The molecule has 36 heavy (non-hydrogen) atoms. The highest BCUT2D eigenvalue weighted by Gasteiger charge is 2.36. The molecule has 0 radical (unpaired) electrons. The minimum atomic E-state index is -0.846. The molecule has 3 aromatic carbocycles. The van der Waals surface area contributed by atoms with Gasteiger partial charge in [0, 0.05) is 10.7 Å². The van der Waals surface area contributed by atoms with Gasteiger partial charge in [-0.25, -0.2) is 9.69 Å². The van der Waals surface area contributed by atoms with Crippen LogP contribution in [0.15, 0.2) is 78.4 Å². The average molecular weight is 506 g/mol. The Morgan fingerprint density at radius 2 is 1.58 bits per heavy atom. The highest BCUT2D eigenvalue weighted by atomic mass is 35.5. The van der Waals surface area contributed by atoms with Crippen molar-refractivity contribution in [2.45, 2.75) is 0 Å². The van der Waals surface area contributed by atoms with Gasteiger partial charge in [0.05, 0.1) is 12.8 Å². The molecule has 0 aliphatic carbocycles. The molecule has 3 aromatic rings. The number of urea groups is 1. The summed E-state index contributed by atoms with van der Waals surface area (Å²) >= 11 is 5.88. The van der Waals surface area contributed by atoms with Crippen molar-refractivity contribution in [1.29, 1.82) is 0 Å². The monoisotopic (exact) mass is 505 g/mol. The fourth-order valence-corrected chi connectivity index (χ4v) is 3.46. The van der Waals surface area contributed by atoms with Crippen LogP contribution >= 0.6 is 11.6 Å². The molecule has 5 amide bonds. The molecule has 1 aliphatic heterocycles. The van der Waals surface area contributed by atoms with Gasteiger partial charge in [0.25, 0.3) is 17.7 Å². The van der Waals surface area contributed by atoms with Crippen LogP contribution in [0.1, 0.15) is 5.56 Å². The van der Waals surface area contributed by atoms with Gasteiger partial charge in [-0.2, -0.15) is 0 Å². The van der Waals surface area contributed by atoms with E-state index in [4.69, 9.17) is 21.1 Å². The van der Waals surface area contributed by atoms with Crippen LogP contribution in [0.2, 0.25) is 5.02 Å². The average Bonchev–Trinajstić information content (AvgIpc) is 2.87. The van der Waals surface area contributed by atoms with Crippen LogP contribution in [0.4, 0.5) is 16.2 Å². The van der Waals surface area contributed by atoms with Gasteiger partial charge >= 0.3 is 6.03 Å². The van der Waals surface area contributed by atoms with E-state index in [2.05, 4.69) is 10.6 Å². The zero-order valence-electron chi connectivity index (χ0n) is 19.0. The summed E-state index contributed by atoms with van der Waals surface area (Å²) in [6.45, 7) is -0.217. The lowest BCUT2D eigenvalue weighted by Crippen LogP contribution is -2.54. The maximum Gasteiger partial charge on any atom is 0.335 e. The Balaban J connectivity index is 1.40. The molecule has 1 saturated heterocycles. The number of carbonyl (C=O) groups is 4. The molecule has 10 heteroatoms. The quantitative estimate of drug-likeness (QED) is 0.370. The van der Waals surface area contributed by atoms with Crippen molar-refractivity contribution in [3.05, 3.63) is 89.0 Å². The molecule has 2 N–H and O–H groups in total. The summed E-state index contributed by atoms with van der Waals surface area (Å²) in [5, 5.41) is 5.32. The maximum absolute atomic E-state index is 12.9. The molecular formula is C26H20ClN3O6. The van der Waals surface area contributed by atoms with Crippen molar-refractivity contribution in [2.24, 2.45) is 0 Å². The van der Waals surface area contributed by atoms with Crippen LogP contribution in [0.25, 0.3) is 6.08 Å². The summed E-state index contributed by atoms with van der Waals surface area (Å²) in [5.41, 5.74) is 1.19. The highest BCUT2D eigenvalue weighted by molar-refractivity contribution is 6.39. The van der Waals surface area contributed by atoms with E-state index >= 15 is 0 Å². The number of nitrogens with zero attached hydrogens (tertiary/aromatic N) is 1. The SMILES string of the molecule is COc1ccc(NC(=O)COc2ccc(/C=C3/C(=O)NC(=O)N(c4ccc(Cl)cc4)C3=O)cc2)cc1. The molecule has 9 nitrogen and oxygen atoms in total. The van der Waals surface area contributed by atoms with Crippen molar-refractivity contribution < 1.29 is 28.7 Å². The molecular weight excluding hydrogens is 486 g/mol. The van der Waals surface area contributed by atoms with Gasteiger partial charge in [-0.05, 0) is 72.3 Å². The van der Waals surface area contributed by atoms with Crippen LogP contribution in [-0.2, 0) is 14.4 Å². The largest absolute Gasteiger partial charge is 0.497 e. The number of carbonyl (C=O) groups excluding carboxylic acids is 4. The third kappa shape index (κ3) is 5.70. The Morgan fingerprint density at radius 3 is 2.22 bits per heavy atom. The lowest BCUT2D eigenvalue weighted by atomic mass is 10.1. The Bertz CT molecular complexity index is 1340. The second-order valence-corrected chi connectivity index (χ2v) is 8.01. The van der Waals surface area contributed by atoms with Crippen LogP contribution in [0.3, 0.4) is 0 Å². The van der Waals surface area contributed by atoms with E-state index in [0.717, 1.165) is 4.90 Å². The number of barbiturate groups is 1. The van der Waals surface area contributed by atoms with Crippen LogP contribution in [0, 0.1) is 0 Å². The first-order valence-electron chi connectivity index (χ1n) is 10.7. The molecule has 1 fully saturated rings. The predicted molar refractivity (Wildman–Crippen MR) is 134 cm³/mol. The Morgan fingerprint density at radius 1 is 0.944 bits per heavy atom. The summed E-state index contributed by atoms with van der Waals surface area (Å²) in [6.07, 6.45) is 1.37. The van der Waals surface area contributed by atoms with E-state index in [1.807, 2.05) is 0 Å². The first-order valence-corrected chi connectivity index (χ1v) is 11.1. The standard InChI is InChI=1S/C26H20ClN3O6/c1-35-20-12-6-18(7-13-20)28-23(31)15-36-21-10-2-16(3-11-21)14-22-24(32)29-26(34)30(25(22)33)19-8-4-17(27)5-9-19/h2-14H,15H2,1H3,(H,28,31)(H,29,32,34)/b22-14-. The van der Waals surface area contributed by atoms with Gasteiger partial charge in [-0.1, -0.05) is 23.7 Å². The number of hydrogen-bond donors (Lipinski definition) is 2. The zero-order valence-corrected chi connectivity index (χ0v) is 19.7. The maximum atomic E-state index is 12.9. The van der Waals surface area contributed by atoms with E-state index in [1.165, 1.54) is 30.3 Å². The fraction of sp³-hybridized carbons (Fsp3) is 0.0769. The van der Waals surface area contributed by atoms with Gasteiger partial charge in [0.15, 0.2) is 6.61 Å². The third-order valence-corrected chi connectivity index (χ3v) is 5.37. The minimum Gasteiger partial charge on any atom is -0.497 e. The van der Waals surface area contributed by atoms with E-state index in [-0.39, 0.29) is 23.8 Å². The van der Waals surface area contributed by atoms with Gasteiger partial charge in [-0.15, -0.1) is 0 Å². The van der Waals surface area contributed by atoms with E-state index in [0.29, 0.717) is 27.8 Å². The molecule has 0 bridgehead atoms. The molecule has 182 valence electrons. The second-order valence-electron chi connectivity index (χ2n) is 7.57. The lowest BCUT2D eigenvalue weighted by molar-refractivity contribution is -0.122. The molecule has 0 aromatic heterocycles. The molecule has 4 rings (SSSR count). The number of anilines is 2. The summed E-state index contributed by atoms with van der Waals surface area (Å²) in [6, 6.07) is 18.5. The number of imide groups is 2. The molecule has 0 atom stereocenters. The molecule has 0 spiro atoms. The van der Waals surface area contributed by atoms with Gasteiger partial charge in [0.1, 0.15) is 17.1 Å². The Kier molecular flexibility index (Phi) is 7.31. The number of rotatable bonds is 7. The Labute approximate surface area is 211 Å². The number of methoxy groups -OCH3 is 1. The first-order chi connectivity index (χ1) is 17.3. The van der Waals surface area contributed by atoms with Crippen molar-refractivity contribution >= 4 is 52.8 Å². The summed E-state index contributed by atoms with van der Waals surface area (Å²) in [5.74, 6) is -0.814. The highest BCUT2D eigenvalue weighted by Crippen LogP contribution is 2.24. The zero-order chi connectivity index (χ0) is 25.7. The van der Waals surface area contributed by atoms with Crippen molar-refractivity contribution in [3.63, 3.8) is 0 Å². The van der Waals surface area contributed by atoms with E-state index in [1.54, 1.807) is 55.6 Å². The number of ether oxygens (including phenoxy) is 2. The van der Waals surface area contributed by atoms with Crippen molar-refractivity contribution in [1.82, 2.24) is 5.32 Å². The molecule has 1 aliphatic rings.